The van der Waals surface area contributed by atoms with E-state index in [1.807, 2.05) is 0 Å². The van der Waals surface area contributed by atoms with E-state index in [4.69, 9.17) is 16.2 Å². The highest BCUT2D eigenvalue weighted by molar-refractivity contribution is 6.04. The molecule has 2 atom stereocenters. The summed E-state index contributed by atoms with van der Waals surface area (Å²) in [4.78, 5) is 30.5. The number of aliphatic hydroxyl groups excluding tert-OH is 1. The van der Waals surface area contributed by atoms with Gasteiger partial charge in [0.15, 0.2) is 0 Å². The van der Waals surface area contributed by atoms with Gasteiger partial charge in [-0.1, -0.05) is 0 Å². The predicted octanol–water partition coefficient (Wildman–Crippen LogP) is 0.531. The third-order valence-electron chi connectivity index (χ3n) is 5.27. The van der Waals surface area contributed by atoms with Crippen molar-refractivity contribution < 1.29 is 19.4 Å². The molecule has 0 spiro atoms. The quantitative estimate of drug-likeness (QED) is 0.543. The molecule has 2 aromatic heterocycles. The Morgan fingerprint density at radius 2 is 1.93 bits per heavy atom. The summed E-state index contributed by atoms with van der Waals surface area (Å²) < 4.78 is 7.23. The fraction of sp³-hybridized carbons (Fsp3) is 0.286. The number of ether oxygens (including phenoxy) is 1. The van der Waals surface area contributed by atoms with E-state index in [0.717, 1.165) is 0 Å². The zero-order chi connectivity index (χ0) is 21.3. The Hall–Kier alpha value is -3.43. The number of carbonyl (C=O) groups excluding carboxylic acids is 2. The molecule has 1 aliphatic heterocycles. The van der Waals surface area contributed by atoms with Crippen molar-refractivity contribution >= 4 is 22.8 Å². The molecule has 1 aliphatic rings. The molecule has 9 heteroatoms. The largest absolute Gasteiger partial charge is 0.492 e. The molecule has 30 heavy (non-hydrogen) atoms. The third kappa shape index (κ3) is 3.60. The van der Waals surface area contributed by atoms with Gasteiger partial charge in [-0.15, -0.1) is 0 Å². The van der Waals surface area contributed by atoms with Crippen LogP contribution >= 0.6 is 0 Å². The molecule has 1 aromatic carbocycles. The molecule has 1 saturated heterocycles. The highest BCUT2D eigenvalue weighted by Gasteiger charge is 2.36. The van der Waals surface area contributed by atoms with Crippen LogP contribution in [-0.2, 0) is 0 Å². The van der Waals surface area contributed by atoms with Gasteiger partial charge in [-0.2, -0.15) is 0 Å². The van der Waals surface area contributed by atoms with Gasteiger partial charge in [-0.05, 0) is 36.4 Å². The Labute approximate surface area is 172 Å². The van der Waals surface area contributed by atoms with Gasteiger partial charge in [-0.25, -0.2) is 4.98 Å². The molecule has 3 aromatic rings. The van der Waals surface area contributed by atoms with Gasteiger partial charge in [-0.3, -0.25) is 9.59 Å². The van der Waals surface area contributed by atoms with E-state index in [0.29, 0.717) is 47.6 Å². The van der Waals surface area contributed by atoms with Crippen LogP contribution in [0.2, 0.25) is 0 Å². The Bertz CT molecular complexity index is 1080. The molecule has 4 rings (SSSR count). The number of nitrogens with zero attached hydrogens (tertiary/aromatic N) is 3. The monoisotopic (exact) mass is 409 g/mol. The Kier molecular flexibility index (Phi) is 5.39. The van der Waals surface area contributed by atoms with Crippen LogP contribution < -0.4 is 16.2 Å². The lowest BCUT2D eigenvalue weighted by molar-refractivity contribution is 0.0764. The second-order valence-electron chi connectivity index (χ2n) is 7.19. The third-order valence-corrected chi connectivity index (χ3v) is 5.27. The zero-order valence-corrected chi connectivity index (χ0v) is 16.3. The second-order valence-corrected chi connectivity index (χ2v) is 7.19. The first-order chi connectivity index (χ1) is 14.5. The van der Waals surface area contributed by atoms with Crippen LogP contribution in [0.5, 0.6) is 5.75 Å². The van der Waals surface area contributed by atoms with Crippen LogP contribution in [0.15, 0.2) is 48.8 Å². The number of likely N-dealkylation sites (tertiary alicyclic amines) is 1. The summed E-state index contributed by atoms with van der Waals surface area (Å²) in [6.07, 6.45) is 2.50. The summed E-state index contributed by atoms with van der Waals surface area (Å²) in [6.45, 7) is 1.34. The van der Waals surface area contributed by atoms with Crippen molar-refractivity contribution in [1.82, 2.24) is 14.5 Å². The summed E-state index contributed by atoms with van der Waals surface area (Å²) in [5.41, 5.74) is 12.3. The molecule has 9 nitrogen and oxygen atoms in total. The van der Waals surface area contributed by atoms with Crippen LogP contribution in [0.25, 0.3) is 11.0 Å². The number of aromatic nitrogens is 2. The van der Waals surface area contributed by atoms with E-state index in [1.165, 1.54) is 6.20 Å². The van der Waals surface area contributed by atoms with Crippen molar-refractivity contribution in [1.29, 1.82) is 0 Å². The van der Waals surface area contributed by atoms with Gasteiger partial charge in [0.2, 0.25) is 5.91 Å². The summed E-state index contributed by atoms with van der Waals surface area (Å²) in [5.74, 6) is -0.0709. The maximum atomic E-state index is 12.9. The Morgan fingerprint density at radius 3 is 2.63 bits per heavy atom. The number of β-amino-alcohol motifs (C(OH)–C–C–N with tert-alkyl or cyclic N) is 1. The summed E-state index contributed by atoms with van der Waals surface area (Å²) in [5, 5.41) is 11.3. The van der Waals surface area contributed by atoms with Crippen LogP contribution in [0.1, 0.15) is 26.8 Å². The highest BCUT2D eigenvalue weighted by atomic mass is 16.5. The van der Waals surface area contributed by atoms with Crippen LogP contribution in [0.3, 0.4) is 0 Å². The van der Waals surface area contributed by atoms with E-state index in [2.05, 4.69) is 4.98 Å². The summed E-state index contributed by atoms with van der Waals surface area (Å²) >= 11 is 0. The van der Waals surface area contributed by atoms with Gasteiger partial charge >= 0.3 is 0 Å². The molecule has 156 valence electrons. The van der Waals surface area contributed by atoms with E-state index >= 15 is 0 Å². The standard InChI is InChI=1S/C21H23N5O4/c22-7-10-30-14-3-1-13(2-4-14)21(29)25-11-17(18(27)12-25)26-9-6-16-15(19(23)28)5-8-24-20(16)26/h1-6,8-9,17-18,27H,7,10-12,22H2,(H2,23,28)/t17-,18-/m1/s1. The number of rotatable bonds is 6. The average molecular weight is 409 g/mol. The lowest BCUT2D eigenvalue weighted by Crippen LogP contribution is -2.29. The number of primary amides is 1. The normalized spacial score (nSPS) is 18.7. The van der Waals surface area contributed by atoms with Crippen molar-refractivity contribution in [3.8, 4) is 5.75 Å². The van der Waals surface area contributed by atoms with E-state index in [1.54, 1.807) is 52.1 Å². The number of amides is 2. The number of benzene rings is 1. The number of hydrogen-bond acceptors (Lipinski definition) is 6. The van der Waals surface area contributed by atoms with E-state index < -0.39 is 12.0 Å². The summed E-state index contributed by atoms with van der Waals surface area (Å²) in [7, 11) is 0. The molecule has 0 radical (unpaired) electrons. The first kappa shape index (κ1) is 19.9. The van der Waals surface area contributed by atoms with Gasteiger partial charge in [0.1, 0.15) is 18.0 Å². The topological polar surface area (TPSA) is 137 Å². The number of carbonyl (C=O) groups is 2. The molecular weight excluding hydrogens is 386 g/mol. The van der Waals surface area contributed by atoms with Gasteiger partial charge in [0.05, 0.1) is 17.7 Å². The van der Waals surface area contributed by atoms with Gasteiger partial charge in [0, 0.05) is 43.0 Å². The lowest BCUT2D eigenvalue weighted by atomic mass is 10.2. The number of pyridine rings is 1. The first-order valence-corrected chi connectivity index (χ1v) is 9.65. The molecule has 0 aliphatic carbocycles. The van der Waals surface area contributed by atoms with Crippen LogP contribution in [0, 0.1) is 0 Å². The molecule has 0 unspecified atom stereocenters. The van der Waals surface area contributed by atoms with Crippen LogP contribution in [-0.4, -0.2) is 63.7 Å². The molecule has 1 fully saturated rings. The summed E-state index contributed by atoms with van der Waals surface area (Å²) in [6, 6.07) is 9.77. The minimum atomic E-state index is -0.768. The fourth-order valence-electron chi connectivity index (χ4n) is 3.80. The van der Waals surface area contributed by atoms with Crippen molar-refractivity contribution in [3.63, 3.8) is 0 Å². The minimum absolute atomic E-state index is 0.177. The van der Waals surface area contributed by atoms with Gasteiger partial charge < -0.3 is 30.8 Å². The van der Waals surface area contributed by atoms with Crippen LogP contribution in [0.4, 0.5) is 0 Å². The van der Waals surface area contributed by atoms with E-state index in [-0.39, 0.29) is 18.5 Å². The molecule has 5 N–H and O–H groups in total. The van der Waals surface area contributed by atoms with Crippen molar-refractivity contribution in [3.05, 3.63) is 59.9 Å². The van der Waals surface area contributed by atoms with Crippen molar-refractivity contribution in [2.45, 2.75) is 12.1 Å². The number of hydrogen-bond donors (Lipinski definition) is 3. The minimum Gasteiger partial charge on any atom is -0.492 e. The Balaban J connectivity index is 1.54. The maximum Gasteiger partial charge on any atom is 0.254 e. The zero-order valence-electron chi connectivity index (χ0n) is 16.3. The first-order valence-electron chi connectivity index (χ1n) is 9.65. The maximum absolute atomic E-state index is 12.9. The molecule has 0 saturated carbocycles. The molecule has 2 amide bonds. The number of fused-ring (bicyclic) bond motifs is 1. The highest BCUT2D eigenvalue weighted by Crippen LogP contribution is 2.29. The Morgan fingerprint density at radius 1 is 1.17 bits per heavy atom. The van der Waals surface area contributed by atoms with E-state index in [9.17, 15) is 14.7 Å². The van der Waals surface area contributed by atoms with Crippen molar-refractivity contribution in [2.24, 2.45) is 11.5 Å². The van der Waals surface area contributed by atoms with Gasteiger partial charge in [0.25, 0.3) is 5.91 Å². The fourth-order valence-corrected chi connectivity index (χ4v) is 3.80. The molecule has 3 heterocycles. The van der Waals surface area contributed by atoms with Crippen molar-refractivity contribution in [2.75, 3.05) is 26.2 Å². The lowest BCUT2D eigenvalue weighted by Gasteiger charge is -2.18. The smallest absolute Gasteiger partial charge is 0.254 e. The average Bonchev–Trinajstić information content (AvgIpc) is 3.35. The molecule has 0 bridgehead atoms. The number of aliphatic hydroxyl groups is 1. The molecular formula is C21H23N5O4. The second kappa shape index (κ2) is 8.13. The number of nitrogens with two attached hydrogens (primary N) is 2. The SMILES string of the molecule is NCCOc1ccc(C(=O)N2C[C@@H](O)[C@H](n3ccc4c(C(N)=O)ccnc43)C2)cc1. The predicted molar refractivity (Wildman–Crippen MR) is 110 cm³/mol.